The Morgan fingerprint density at radius 1 is 1.29 bits per heavy atom. The fourth-order valence-electron chi connectivity index (χ4n) is 3.05. The zero-order valence-electron chi connectivity index (χ0n) is 12.1. The second kappa shape index (κ2) is 4.81. The van der Waals surface area contributed by atoms with Gasteiger partial charge in [-0.15, -0.1) is 0 Å². The Bertz CT molecular complexity index is 790. The van der Waals surface area contributed by atoms with Crippen LogP contribution in [0.5, 0.6) is 0 Å². The van der Waals surface area contributed by atoms with Crippen molar-refractivity contribution in [2.45, 2.75) is 13.0 Å². The average molecular weight is 278 g/mol. The molecule has 0 radical (unpaired) electrons. The predicted molar refractivity (Wildman–Crippen MR) is 86.8 cm³/mol. The van der Waals surface area contributed by atoms with Crippen molar-refractivity contribution in [3.05, 3.63) is 53.7 Å². The third kappa shape index (κ3) is 2.13. The van der Waals surface area contributed by atoms with Crippen LogP contribution < -0.4 is 10.2 Å². The summed E-state index contributed by atoms with van der Waals surface area (Å²) < 4.78 is 0. The Labute approximate surface area is 123 Å². The third-order valence-corrected chi connectivity index (χ3v) is 4.24. The Kier molecular flexibility index (Phi) is 2.81. The molecule has 21 heavy (non-hydrogen) atoms. The normalized spacial score (nSPS) is 13.7. The van der Waals surface area contributed by atoms with Crippen LogP contribution in [0.4, 0.5) is 11.4 Å². The number of nitrogens with zero attached hydrogens (tertiary/aromatic N) is 2. The molecule has 106 valence electrons. The molecule has 2 aromatic carbocycles. The highest BCUT2D eigenvalue weighted by atomic mass is 15.1. The molecule has 0 bridgehead atoms. The highest BCUT2D eigenvalue weighted by molar-refractivity contribution is 5.90. The van der Waals surface area contributed by atoms with E-state index in [2.05, 4.69) is 51.7 Å². The van der Waals surface area contributed by atoms with E-state index in [1.807, 2.05) is 18.3 Å². The lowest BCUT2D eigenvalue weighted by molar-refractivity contribution is 0.955. The summed E-state index contributed by atoms with van der Waals surface area (Å²) in [7, 11) is 2.16. The lowest BCUT2D eigenvalue weighted by Crippen LogP contribution is -2.12. The highest BCUT2D eigenvalue weighted by Gasteiger charge is 2.15. The third-order valence-electron chi connectivity index (χ3n) is 4.24. The molecule has 2 heterocycles. The SMILES string of the molecule is CN1CCc2cc(CNc3cccc4[nH]ncc34)ccc21. The molecule has 2 N–H and O–H groups in total. The first kappa shape index (κ1) is 12.3. The Morgan fingerprint density at radius 3 is 3.19 bits per heavy atom. The molecule has 1 aliphatic rings. The number of anilines is 2. The number of aromatic amines is 1. The molecule has 0 amide bonds. The van der Waals surface area contributed by atoms with Crippen molar-refractivity contribution in [1.29, 1.82) is 0 Å². The first-order valence-corrected chi connectivity index (χ1v) is 7.30. The molecule has 4 nitrogen and oxygen atoms in total. The van der Waals surface area contributed by atoms with Gasteiger partial charge in [0.15, 0.2) is 0 Å². The maximum absolute atomic E-state index is 4.10. The number of fused-ring (bicyclic) bond motifs is 2. The van der Waals surface area contributed by atoms with Crippen molar-refractivity contribution in [1.82, 2.24) is 10.2 Å². The van der Waals surface area contributed by atoms with Crippen LogP contribution in [0.25, 0.3) is 10.9 Å². The van der Waals surface area contributed by atoms with Crippen LogP contribution >= 0.6 is 0 Å². The minimum Gasteiger partial charge on any atom is -0.380 e. The molecule has 3 aromatic rings. The van der Waals surface area contributed by atoms with E-state index in [0.717, 1.165) is 36.1 Å². The average Bonchev–Trinajstić information content (AvgIpc) is 3.12. The standard InChI is InChI=1S/C17H18N4/c1-21-8-7-13-9-12(5-6-17(13)21)10-18-15-3-2-4-16-14(15)11-19-20-16/h2-6,9,11,18H,7-8,10H2,1H3,(H,19,20). The molecule has 0 fully saturated rings. The van der Waals surface area contributed by atoms with Gasteiger partial charge >= 0.3 is 0 Å². The molecule has 4 heteroatoms. The zero-order chi connectivity index (χ0) is 14.2. The molecule has 0 saturated heterocycles. The Hall–Kier alpha value is -2.49. The van der Waals surface area contributed by atoms with Gasteiger partial charge in [-0.1, -0.05) is 18.2 Å². The maximum Gasteiger partial charge on any atom is 0.0671 e. The van der Waals surface area contributed by atoms with E-state index in [-0.39, 0.29) is 0 Å². The van der Waals surface area contributed by atoms with Gasteiger partial charge in [0, 0.05) is 36.9 Å². The lowest BCUT2D eigenvalue weighted by atomic mass is 10.1. The molecule has 1 aromatic heterocycles. The molecule has 0 aliphatic carbocycles. The van der Waals surface area contributed by atoms with Crippen molar-refractivity contribution < 1.29 is 0 Å². The predicted octanol–water partition coefficient (Wildman–Crippen LogP) is 3.17. The number of hydrogen-bond donors (Lipinski definition) is 2. The number of benzene rings is 2. The summed E-state index contributed by atoms with van der Waals surface area (Å²) in [5, 5.41) is 11.8. The van der Waals surface area contributed by atoms with Crippen LogP contribution in [0.2, 0.25) is 0 Å². The van der Waals surface area contributed by atoms with Gasteiger partial charge in [0.25, 0.3) is 0 Å². The smallest absolute Gasteiger partial charge is 0.0671 e. The van der Waals surface area contributed by atoms with E-state index >= 15 is 0 Å². The van der Waals surface area contributed by atoms with Crippen LogP contribution in [-0.4, -0.2) is 23.8 Å². The van der Waals surface area contributed by atoms with Crippen LogP contribution in [0.3, 0.4) is 0 Å². The second-order valence-electron chi connectivity index (χ2n) is 5.62. The lowest BCUT2D eigenvalue weighted by Gasteiger charge is -2.13. The first-order valence-electron chi connectivity index (χ1n) is 7.30. The van der Waals surface area contributed by atoms with Gasteiger partial charge in [0.1, 0.15) is 0 Å². The van der Waals surface area contributed by atoms with E-state index in [1.54, 1.807) is 0 Å². The number of rotatable bonds is 3. The monoisotopic (exact) mass is 278 g/mol. The maximum atomic E-state index is 4.10. The Morgan fingerprint density at radius 2 is 2.24 bits per heavy atom. The molecule has 0 unspecified atom stereocenters. The summed E-state index contributed by atoms with van der Waals surface area (Å²) in [6.07, 6.45) is 3.02. The summed E-state index contributed by atoms with van der Waals surface area (Å²) in [6.45, 7) is 1.96. The summed E-state index contributed by atoms with van der Waals surface area (Å²) in [5.74, 6) is 0. The van der Waals surface area contributed by atoms with Gasteiger partial charge < -0.3 is 10.2 Å². The molecule has 4 rings (SSSR count). The van der Waals surface area contributed by atoms with Crippen molar-refractivity contribution in [2.75, 3.05) is 23.8 Å². The van der Waals surface area contributed by atoms with Gasteiger partial charge in [-0.05, 0) is 35.7 Å². The van der Waals surface area contributed by atoms with Crippen molar-refractivity contribution in [3.8, 4) is 0 Å². The summed E-state index contributed by atoms with van der Waals surface area (Å²) in [5.41, 5.74) is 6.34. The van der Waals surface area contributed by atoms with E-state index in [4.69, 9.17) is 0 Å². The summed E-state index contributed by atoms with van der Waals surface area (Å²) in [6, 6.07) is 12.9. The number of hydrogen-bond acceptors (Lipinski definition) is 3. The van der Waals surface area contributed by atoms with E-state index in [1.165, 1.54) is 16.8 Å². The van der Waals surface area contributed by atoms with Gasteiger partial charge in [-0.3, -0.25) is 5.10 Å². The molecular formula is C17H18N4. The summed E-state index contributed by atoms with van der Waals surface area (Å²) >= 11 is 0. The molecule has 0 saturated carbocycles. The first-order chi connectivity index (χ1) is 10.3. The fourth-order valence-corrected chi connectivity index (χ4v) is 3.05. The zero-order valence-corrected chi connectivity index (χ0v) is 12.1. The molecule has 0 spiro atoms. The number of likely N-dealkylation sites (N-methyl/N-ethyl adjacent to an activating group) is 1. The minimum absolute atomic E-state index is 0.835. The van der Waals surface area contributed by atoms with Crippen molar-refractivity contribution >= 4 is 22.3 Å². The van der Waals surface area contributed by atoms with E-state index in [9.17, 15) is 0 Å². The van der Waals surface area contributed by atoms with E-state index < -0.39 is 0 Å². The van der Waals surface area contributed by atoms with E-state index in [0.29, 0.717) is 0 Å². The molecule has 1 aliphatic heterocycles. The molecule has 0 atom stereocenters. The molecular weight excluding hydrogens is 260 g/mol. The topological polar surface area (TPSA) is 44.0 Å². The quantitative estimate of drug-likeness (QED) is 0.773. The number of H-pyrrole nitrogens is 1. The number of aromatic nitrogens is 2. The van der Waals surface area contributed by atoms with Crippen LogP contribution in [0.1, 0.15) is 11.1 Å². The van der Waals surface area contributed by atoms with Crippen LogP contribution in [0, 0.1) is 0 Å². The summed E-state index contributed by atoms with van der Waals surface area (Å²) in [4.78, 5) is 2.32. The van der Waals surface area contributed by atoms with Gasteiger partial charge in [0.2, 0.25) is 0 Å². The Balaban J connectivity index is 1.56. The highest BCUT2D eigenvalue weighted by Crippen LogP contribution is 2.28. The van der Waals surface area contributed by atoms with Gasteiger partial charge in [-0.25, -0.2) is 0 Å². The van der Waals surface area contributed by atoms with Crippen LogP contribution in [0.15, 0.2) is 42.6 Å². The second-order valence-corrected chi connectivity index (χ2v) is 5.62. The van der Waals surface area contributed by atoms with Crippen LogP contribution in [-0.2, 0) is 13.0 Å². The van der Waals surface area contributed by atoms with Gasteiger partial charge in [0.05, 0.1) is 11.7 Å². The minimum atomic E-state index is 0.835. The number of nitrogens with one attached hydrogen (secondary N) is 2. The largest absolute Gasteiger partial charge is 0.380 e. The van der Waals surface area contributed by atoms with Crippen molar-refractivity contribution in [3.63, 3.8) is 0 Å². The van der Waals surface area contributed by atoms with Crippen molar-refractivity contribution in [2.24, 2.45) is 0 Å². The fraction of sp³-hybridized carbons (Fsp3) is 0.235. The van der Waals surface area contributed by atoms with Gasteiger partial charge in [-0.2, -0.15) is 5.10 Å².